The van der Waals surface area contributed by atoms with E-state index in [4.69, 9.17) is 5.11 Å². The zero-order chi connectivity index (χ0) is 12.8. The molecule has 0 aromatic rings. The van der Waals surface area contributed by atoms with Gasteiger partial charge in [-0.15, -0.1) is 0 Å². The molecule has 0 aliphatic heterocycles. The minimum atomic E-state index is -0.655. The van der Waals surface area contributed by atoms with E-state index in [0.29, 0.717) is 6.42 Å². The van der Waals surface area contributed by atoms with Gasteiger partial charge in [-0.2, -0.15) is 0 Å². The minimum Gasteiger partial charge on any atom is -0.481 e. The maximum absolute atomic E-state index is 10.3. The van der Waals surface area contributed by atoms with Crippen molar-refractivity contribution in [2.75, 3.05) is 0 Å². The molecule has 0 rings (SSSR count). The van der Waals surface area contributed by atoms with Gasteiger partial charge in [0.05, 0.1) is 0 Å². The van der Waals surface area contributed by atoms with Crippen LogP contribution in [0.5, 0.6) is 0 Å². The van der Waals surface area contributed by atoms with Crippen molar-refractivity contribution in [1.29, 1.82) is 0 Å². The van der Waals surface area contributed by atoms with Crippen LogP contribution in [0.2, 0.25) is 0 Å². The Morgan fingerprint density at radius 1 is 0.722 bits per heavy atom. The molecule has 3 heteroatoms. The van der Waals surface area contributed by atoms with Crippen LogP contribution in [0, 0.1) is 41.7 Å². The molecular formula is C15H30CeO2. The van der Waals surface area contributed by atoms with Crippen LogP contribution in [0.1, 0.15) is 90.4 Å². The second-order valence-corrected chi connectivity index (χ2v) is 5.03. The number of carboxylic acid groups (broad SMARTS) is 1. The average molecular weight is 383 g/mol. The molecular weight excluding hydrogens is 352 g/mol. The summed E-state index contributed by atoms with van der Waals surface area (Å²) >= 11 is 0. The summed E-state index contributed by atoms with van der Waals surface area (Å²) in [6, 6.07) is 0. The van der Waals surface area contributed by atoms with E-state index in [9.17, 15) is 4.79 Å². The molecule has 0 saturated carbocycles. The molecule has 0 aliphatic carbocycles. The van der Waals surface area contributed by atoms with E-state index in [1.54, 1.807) is 0 Å². The Labute approximate surface area is 147 Å². The molecule has 0 radical (unpaired) electrons. The molecule has 106 valence electrons. The van der Waals surface area contributed by atoms with Crippen LogP contribution in [0.25, 0.3) is 0 Å². The summed E-state index contributed by atoms with van der Waals surface area (Å²) in [5, 5.41) is 8.47. The third-order valence-electron chi connectivity index (χ3n) is 3.24. The molecule has 0 saturated heterocycles. The molecule has 0 fully saturated rings. The quantitative estimate of drug-likeness (QED) is 0.447. The maximum atomic E-state index is 10.3. The predicted octanol–water partition coefficient (Wildman–Crippen LogP) is 5.16. The summed E-state index contributed by atoms with van der Waals surface area (Å²) in [5.74, 6) is -0.655. The minimum absolute atomic E-state index is 0. The molecule has 2 nitrogen and oxygen atoms in total. The van der Waals surface area contributed by atoms with Crippen LogP contribution in [0.15, 0.2) is 0 Å². The maximum Gasteiger partial charge on any atom is 0.303 e. The molecule has 1 N–H and O–H groups in total. The summed E-state index contributed by atoms with van der Waals surface area (Å²) < 4.78 is 0. The van der Waals surface area contributed by atoms with E-state index in [-0.39, 0.29) is 41.7 Å². The van der Waals surface area contributed by atoms with Gasteiger partial charge in [0.25, 0.3) is 0 Å². The summed E-state index contributed by atoms with van der Waals surface area (Å²) in [4.78, 5) is 10.3. The van der Waals surface area contributed by atoms with Gasteiger partial charge in [0.2, 0.25) is 0 Å². The smallest absolute Gasteiger partial charge is 0.303 e. The second-order valence-electron chi connectivity index (χ2n) is 5.03. The van der Waals surface area contributed by atoms with Gasteiger partial charge in [-0.25, -0.2) is 0 Å². The predicted molar refractivity (Wildman–Crippen MR) is 73.3 cm³/mol. The van der Waals surface area contributed by atoms with Crippen molar-refractivity contribution in [1.82, 2.24) is 0 Å². The molecule has 0 atom stereocenters. The fourth-order valence-corrected chi connectivity index (χ4v) is 2.12. The number of carbonyl (C=O) groups is 1. The van der Waals surface area contributed by atoms with E-state index >= 15 is 0 Å². The zero-order valence-corrected chi connectivity index (χ0v) is 15.2. The van der Waals surface area contributed by atoms with E-state index in [1.807, 2.05) is 0 Å². The monoisotopic (exact) mass is 382 g/mol. The summed E-state index contributed by atoms with van der Waals surface area (Å²) in [5.41, 5.74) is 0. The van der Waals surface area contributed by atoms with Gasteiger partial charge in [0.1, 0.15) is 0 Å². The Morgan fingerprint density at radius 2 is 1.06 bits per heavy atom. The molecule has 18 heavy (non-hydrogen) atoms. The van der Waals surface area contributed by atoms with Crippen molar-refractivity contribution < 1.29 is 51.6 Å². The first kappa shape index (κ1) is 21.2. The fourth-order valence-electron chi connectivity index (χ4n) is 2.12. The molecule has 0 amide bonds. The van der Waals surface area contributed by atoms with Crippen LogP contribution in [-0.4, -0.2) is 11.1 Å². The molecule has 0 spiro atoms. The number of hydrogen-bond donors (Lipinski definition) is 1. The van der Waals surface area contributed by atoms with Gasteiger partial charge in [0.15, 0.2) is 0 Å². The van der Waals surface area contributed by atoms with E-state index in [0.717, 1.165) is 12.8 Å². The van der Waals surface area contributed by atoms with Gasteiger partial charge in [-0.1, -0.05) is 77.6 Å². The zero-order valence-electron chi connectivity index (χ0n) is 12.0. The van der Waals surface area contributed by atoms with Crippen molar-refractivity contribution in [3.05, 3.63) is 0 Å². The number of unbranched alkanes of at least 4 members (excludes halogenated alkanes) is 11. The Bertz CT molecular complexity index is 172. The fraction of sp³-hybridized carbons (Fsp3) is 0.933. The van der Waals surface area contributed by atoms with Crippen LogP contribution in [0.3, 0.4) is 0 Å². The average Bonchev–Trinajstić information content (AvgIpc) is 2.30. The topological polar surface area (TPSA) is 37.3 Å². The first-order chi connectivity index (χ1) is 8.27. The van der Waals surface area contributed by atoms with E-state index in [2.05, 4.69) is 6.92 Å². The first-order valence-corrected chi connectivity index (χ1v) is 7.49. The van der Waals surface area contributed by atoms with Crippen LogP contribution in [-0.2, 0) is 4.79 Å². The van der Waals surface area contributed by atoms with Crippen LogP contribution < -0.4 is 0 Å². The molecule has 0 aromatic carbocycles. The van der Waals surface area contributed by atoms with Gasteiger partial charge in [0, 0.05) is 48.2 Å². The number of hydrogen-bond acceptors (Lipinski definition) is 1. The van der Waals surface area contributed by atoms with E-state index < -0.39 is 5.97 Å². The molecule has 0 aliphatic rings. The van der Waals surface area contributed by atoms with Gasteiger partial charge in [-0.05, 0) is 6.42 Å². The van der Waals surface area contributed by atoms with Crippen LogP contribution >= 0.6 is 0 Å². The van der Waals surface area contributed by atoms with Gasteiger partial charge >= 0.3 is 5.97 Å². The Morgan fingerprint density at radius 3 is 1.39 bits per heavy atom. The summed E-state index contributed by atoms with van der Waals surface area (Å²) in [6.07, 6.45) is 15.8. The molecule has 0 unspecified atom stereocenters. The first-order valence-electron chi connectivity index (χ1n) is 7.49. The second kappa shape index (κ2) is 17.8. The standard InChI is InChI=1S/C15H30O2.Ce/c1-2-3-4-5-6-7-8-9-10-11-12-13-14-15(16)17;/h2-14H2,1H3,(H,16,17);. The molecule has 0 heterocycles. The van der Waals surface area contributed by atoms with E-state index in [1.165, 1.54) is 64.2 Å². The summed E-state index contributed by atoms with van der Waals surface area (Å²) in [6.45, 7) is 2.25. The SMILES string of the molecule is CCCCCCCCCCCCCCC(=O)O.[Ce]. The van der Waals surface area contributed by atoms with Crippen molar-refractivity contribution in [2.45, 2.75) is 90.4 Å². The molecule has 0 bridgehead atoms. The van der Waals surface area contributed by atoms with Crippen molar-refractivity contribution >= 4 is 5.97 Å². The van der Waals surface area contributed by atoms with Crippen molar-refractivity contribution in [3.8, 4) is 0 Å². The Hall–Kier alpha value is 0.847. The third kappa shape index (κ3) is 19.2. The number of carboxylic acids is 1. The normalized spacial score (nSPS) is 10.1. The molecule has 0 aromatic heterocycles. The number of rotatable bonds is 13. The van der Waals surface area contributed by atoms with Gasteiger partial charge < -0.3 is 5.11 Å². The number of aliphatic carboxylic acids is 1. The third-order valence-corrected chi connectivity index (χ3v) is 3.24. The Balaban J connectivity index is 0. The van der Waals surface area contributed by atoms with Crippen molar-refractivity contribution in [3.63, 3.8) is 0 Å². The summed E-state index contributed by atoms with van der Waals surface area (Å²) in [7, 11) is 0. The largest absolute Gasteiger partial charge is 0.481 e. The Kier molecular flexibility index (Phi) is 21.0. The van der Waals surface area contributed by atoms with Crippen LogP contribution in [0.4, 0.5) is 0 Å². The van der Waals surface area contributed by atoms with Gasteiger partial charge in [-0.3, -0.25) is 4.79 Å². The van der Waals surface area contributed by atoms with Crippen molar-refractivity contribution in [2.24, 2.45) is 0 Å².